The fourth-order valence-electron chi connectivity index (χ4n) is 1.28. The van der Waals surface area contributed by atoms with Crippen molar-refractivity contribution in [2.75, 3.05) is 11.9 Å². The lowest BCUT2D eigenvalue weighted by Gasteiger charge is -2.09. The number of nitrogens with zero attached hydrogens (tertiary/aromatic N) is 1. The summed E-state index contributed by atoms with van der Waals surface area (Å²) in [6, 6.07) is 6.49. The van der Waals surface area contributed by atoms with Gasteiger partial charge in [0.25, 0.3) is 0 Å². The smallest absolute Gasteiger partial charge is 0.143 e. The molecule has 1 N–H and O–H groups in total. The van der Waals surface area contributed by atoms with Gasteiger partial charge in [-0.05, 0) is 24.5 Å². The van der Waals surface area contributed by atoms with E-state index in [1.807, 2.05) is 6.07 Å². The van der Waals surface area contributed by atoms with E-state index in [1.54, 1.807) is 12.1 Å². The zero-order chi connectivity index (χ0) is 11.3. The lowest BCUT2D eigenvalue weighted by Crippen LogP contribution is -2.06. The Labute approximate surface area is 89.7 Å². The van der Waals surface area contributed by atoms with Crippen molar-refractivity contribution < 1.29 is 4.39 Å². The average molecular weight is 206 g/mol. The molecule has 0 saturated heterocycles. The molecule has 0 amide bonds. The third-order valence-corrected chi connectivity index (χ3v) is 2.16. The maximum absolute atomic E-state index is 13.2. The van der Waals surface area contributed by atoms with E-state index < -0.39 is 5.82 Å². The predicted octanol–water partition coefficient (Wildman–Crippen LogP) is 3.16. The van der Waals surface area contributed by atoms with Crippen molar-refractivity contribution in [1.82, 2.24) is 0 Å². The second-order valence-corrected chi connectivity index (χ2v) is 3.88. The van der Waals surface area contributed by atoms with Crippen molar-refractivity contribution in [1.29, 1.82) is 5.26 Å². The Kier molecular flexibility index (Phi) is 4.11. The van der Waals surface area contributed by atoms with Gasteiger partial charge < -0.3 is 5.32 Å². The molecule has 0 saturated carbocycles. The number of anilines is 1. The Morgan fingerprint density at radius 3 is 2.80 bits per heavy atom. The van der Waals surface area contributed by atoms with Crippen LogP contribution in [0.2, 0.25) is 0 Å². The number of nitriles is 1. The van der Waals surface area contributed by atoms with Crippen molar-refractivity contribution in [3.8, 4) is 6.07 Å². The summed E-state index contributed by atoms with van der Waals surface area (Å²) >= 11 is 0. The molecule has 0 aliphatic heterocycles. The first-order valence-electron chi connectivity index (χ1n) is 5.07. The van der Waals surface area contributed by atoms with Crippen LogP contribution in [0.5, 0.6) is 0 Å². The molecule has 0 atom stereocenters. The van der Waals surface area contributed by atoms with Crippen LogP contribution in [0.4, 0.5) is 10.1 Å². The largest absolute Gasteiger partial charge is 0.384 e. The molecule has 1 aromatic carbocycles. The number of hydrogen-bond acceptors (Lipinski definition) is 2. The number of hydrogen-bond donors (Lipinski definition) is 1. The van der Waals surface area contributed by atoms with Gasteiger partial charge in [-0.3, -0.25) is 0 Å². The van der Waals surface area contributed by atoms with Crippen molar-refractivity contribution in [2.24, 2.45) is 5.92 Å². The molecule has 80 valence electrons. The van der Waals surface area contributed by atoms with Crippen molar-refractivity contribution in [3.63, 3.8) is 0 Å². The van der Waals surface area contributed by atoms with Crippen molar-refractivity contribution >= 4 is 5.69 Å². The van der Waals surface area contributed by atoms with Gasteiger partial charge in [-0.2, -0.15) is 5.26 Å². The maximum atomic E-state index is 13.2. The van der Waals surface area contributed by atoms with Gasteiger partial charge >= 0.3 is 0 Å². The molecule has 3 heteroatoms. The molecule has 0 aliphatic carbocycles. The Balaban J connectivity index is 2.69. The molecule has 15 heavy (non-hydrogen) atoms. The molecule has 0 unspecified atom stereocenters. The summed E-state index contributed by atoms with van der Waals surface area (Å²) in [6.07, 6.45) is 1.00. The first-order chi connectivity index (χ1) is 7.15. The van der Waals surface area contributed by atoms with Gasteiger partial charge in [-0.15, -0.1) is 0 Å². The molecule has 2 nitrogen and oxygen atoms in total. The van der Waals surface area contributed by atoms with E-state index in [0.717, 1.165) is 13.0 Å². The Bertz CT molecular complexity index is 366. The molecule has 0 aliphatic rings. The average Bonchev–Trinajstić information content (AvgIpc) is 2.17. The minimum Gasteiger partial charge on any atom is -0.384 e. The number of benzene rings is 1. The van der Waals surface area contributed by atoms with Crippen molar-refractivity contribution in [2.45, 2.75) is 20.3 Å². The molecule has 1 aromatic rings. The Morgan fingerprint density at radius 1 is 1.47 bits per heavy atom. The second kappa shape index (κ2) is 5.35. The lowest BCUT2D eigenvalue weighted by molar-refractivity contribution is 0.605. The van der Waals surface area contributed by atoms with Crippen molar-refractivity contribution in [3.05, 3.63) is 29.6 Å². The summed E-state index contributed by atoms with van der Waals surface area (Å²) in [6.45, 7) is 5.01. The highest BCUT2D eigenvalue weighted by atomic mass is 19.1. The molecule has 0 heterocycles. The van der Waals surface area contributed by atoms with Gasteiger partial charge in [0.1, 0.15) is 17.4 Å². The van der Waals surface area contributed by atoms with Crippen LogP contribution in [0.3, 0.4) is 0 Å². The van der Waals surface area contributed by atoms with E-state index in [0.29, 0.717) is 11.6 Å². The fraction of sp³-hybridized carbons (Fsp3) is 0.417. The van der Waals surface area contributed by atoms with E-state index in [-0.39, 0.29) is 5.56 Å². The molecular weight excluding hydrogens is 191 g/mol. The topological polar surface area (TPSA) is 35.8 Å². The number of nitrogens with one attached hydrogen (secondary N) is 1. The third-order valence-electron chi connectivity index (χ3n) is 2.16. The van der Waals surface area contributed by atoms with Crippen LogP contribution in [0.1, 0.15) is 25.8 Å². The summed E-state index contributed by atoms with van der Waals surface area (Å²) in [5.74, 6) is 0.128. The van der Waals surface area contributed by atoms with E-state index in [9.17, 15) is 4.39 Å². The predicted molar refractivity (Wildman–Crippen MR) is 59.1 cm³/mol. The molecular formula is C12H15FN2. The summed E-state index contributed by atoms with van der Waals surface area (Å²) in [4.78, 5) is 0. The quantitative estimate of drug-likeness (QED) is 0.821. The highest BCUT2D eigenvalue weighted by Crippen LogP contribution is 2.17. The SMILES string of the molecule is CC(C)CCNc1cccc(F)c1C#N. The first kappa shape index (κ1) is 11.5. The van der Waals surface area contributed by atoms with Crippen LogP contribution >= 0.6 is 0 Å². The molecule has 1 rings (SSSR count). The second-order valence-electron chi connectivity index (χ2n) is 3.88. The van der Waals surface area contributed by atoms with Crippen LogP contribution in [-0.4, -0.2) is 6.54 Å². The zero-order valence-electron chi connectivity index (χ0n) is 9.05. The molecule has 0 bridgehead atoms. The Hall–Kier alpha value is -1.56. The van der Waals surface area contributed by atoms with E-state index >= 15 is 0 Å². The van der Waals surface area contributed by atoms with Gasteiger partial charge in [0.05, 0.1) is 5.69 Å². The number of rotatable bonds is 4. The fourth-order valence-corrected chi connectivity index (χ4v) is 1.28. The summed E-state index contributed by atoms with van der Waals surface area (Å²) in [5.41, 5.74) is 0.680. The minimum absolute atomic E-state index is 0.0984. The number of halogens is 1. The highest BCUT2D eigenvalue weighted by Gasteiger charge is 2.06. The van der Waals surface area contributed by atoms with Gasteiger partial charge in [0, 0.05) is 6.54 Å². The van der Waals surface area contributed by atoms with Crippen LogP contribution in [-0.2, 0) is 0 Å². The van der Waals surface area contributed by atoms with Crippen LogP contribution in [0, 0.1) is 23.1 Å². The molecule has 0 aromatic heterocycles. The molecule has 0 spiro atoms. The highest BCUT2D eigenvalue weighted by molar-refractivity contribution is 5.57. The van der Waals surface area contributed by atoms with Gasteiger partial charge in [0.15, 0.2) is 0 Å². The summed E-state index contributed by atoms with van der Waals surface area (Å²) in [5, 5.41) is 11.9. The normalized spacial score (nSPS) is 10.1. The van der Waals surface area contributed by atoms with Gasteiger partial charge in [0.2, 0.25) is 0 Å². The lowest BCUT2D eigenvalue weighted by atomic mass is 10.1. The summed E-state index contributed by atoms with van der Waals surface area (Å²) in [7, 11) is 0. The zero-order valence-corrected chi connectivity index (χ0v) is 9.05. The standard InChI is InChI=1S/C12H15FN2/c1-9(2)6-7-15-12-5-3-4-11(13)10(12)8-14/h3-5,9,15H,6-7H2,1-2H3. The maximum Gasteiger partial charge on any atom is 0.143 e. The Morgan fingerprint density at radius 2 is 2.20 bits per heavy atom. The van der Waals surface area contributed by atoms with Crippen LogP contribution in [0.25, 0.3) is 0 Å². The van der Waals surface area contributed by atoms with Crippen LogP contribution < -0.4 is 5.32 Å². The van der Waals surface area contributed by atoms with Gasteiger partial charge in [-0.1, -0.05) is 19.9 Å². The van der Waals surface area contributed by atoms with Crippen LogP contribution in [0.15, 0.2) is 18.2 Å². The third kappa shape index (κ3) is 3.25. The van der Waals surface area contributed by atoms with Gasteiger partial charge in [-0.25, -0.2) is 4.39 Å². The van der Waals surface area contributed by atoms with E-state index in [2.05, 4.69) is 19.2 Å². The molecule has 0 fully saturated rings. The monoisotopic (exact) mass is 206 g/mol. The molecule has 0 radical (unpaired) electrons. The first-order valence-corrected chi connectivity index (χ1v) is 5.07. The minimum atomic E-state index is -0.466. The summed E-state index contributed by atoms with van der Waals surface area (Å²) < 4.78 is 13.2. The van der Waals surface area contributed by atoms with E-state index in [4.69, 9.17) is 5.26 Å². The van der Waals surface area contributed by atoms with E-state index in [1.165, 1.54) is 6.07 Å².